The Labute approximate surface area is 197 Å². The quantitative estimate of drug-likeness (QED) is 0.619. The van der Waals surface area contributed by atoms with Crippen molar-refractivity contribution < 1.29 is 4.79 Å². The number of anilines is 1. The maximum Gasteiger partial charge on any atom is 0.239 e. The van der Waals surface area contributed by atoms with E-state index in [1.807, 2.05) is 12.1 Å². The summed E-state index contributed by atoms with van der Waals surface area (Å²) < 4.78 is 0. The SMILES string of the molecule is N#Cc1c(NC(=O)CN2CCN(Cc3ccc(Cl)cc3Cl)CC2)sc2c1CCCCC2. The van der Waals surface area contributed by atoms with Crippen molar-refractivity contribution in [3.63, 3.8) is 0 Å². The van der Waals surface area contributed by atoms with Gasteiger partial charge in [0.1, 0.15) is 11.1 Å². The van der Waals surface area contributed by atoms with Crippen LogP contribution in [0.4, 0.5) is 5.00 Å². The highest BCUT2D eigenvalue weighted by Gasteiger charge is 2.23. The zero-order valence-corrected chi connectivity index (χ0v) is 19.8. The van der Waals surface area contributed by atoms with Gasteiger partial charge in [0, 0.05) is 47.6 Å². The molecule has 0 atom stereocenters. The summed E-state index contributed by atoms with van der Waals surface area (Å²) >= 11 is 13.9. The monoisotopic (exact) mass is 476 g/mol. The van der Waals surface area contributed by atoms with E-state index < -0.39 is 0 Å². The zero-order chi connectivity index (χ0) is 21.8. The Morgan fingerprint density at radius 2 is 1.84 bits per heavy atom. The van der Waals surface area contributed by atoms with Crippen LogP contribution in [0.1, 0.15) is 40.8 Å². The molecule has 0 radical (unpaired) electrons. The summed E-state index contributed by atoms with van der Waals surface area (Å²) in [5, 5.41) is 14.7. The number of halogens is 2. The van der Waals surface area contributed by atoms with Crippen LogP contribution in [-0.2, 0) is 24.2 Å². The standard InChI is InChI=1S/C23H26Cl2N4OS/c24-17-7-6-16(20(25)12-17)14-28-8-10-29(11-9-28)15-22(30)27-23-19(13-26)18-4-2-1-3-5-21(18)31-23/h6-7,12H,1-5,8-11,14-15H2,(H,27,30). The molecule has 2 aliphatic rings. The molecule has 1 aliphatic heterocycles. The molecular weight excluding hydrogens is 451 g/mol. The smallest absolute Gasteiger partial charge is 0.239 e. The first-order valence-corrected chi connectivity index (χ1v) is 12.3. The molecule has 31 heavy (non-hydrogen) atoms. The number of carbonyl (C=O) groups excluding carboxylic acids is 1. The lowest BCUT2D eigenvalue weighted by Gasteiger charge is -2.34. The van der Waals surface area contributed by atoms with Crippen LogP contribution in [0.15, 0.2) is 18.2 Å². The molecule has 1 amide bonds. The molecule has 0 spiro atoms. The van der Waals surface area contributed by atoms with E-state index in [1.165, 1.54) is 11.3 Å². The first-order valence-electron chi connectivity index (χ1n) is 10.8. The minimum Gasteiger partial charge on any atom is -0.315 e. The number of hydrogen-bond acceptors (Lipinski definition) is 5. The number of nitrogens with zero attached hydrogens (tertiary/aromatic N) is 3. The maximum atomic E-state index is 12.7. The van der Waals surface area contributed by atoms with E-state index in [0.717, 1.165) is 74.5 Å². The normalized spacial score (nSPS) is 17.6. The first kappa shape index (κ1) is 22.6. The fourth-order valence-corrected chi connectivity index (χ4v) is 6.04. The number of carbonyl (C=O) groups is 1. The molecule has 1 aromatic heterocycles. The van der Waals surface area contributed by atoms with Gasteiger partial charge in [-0.05, 0) is 48.9 Å². The molecular formula is C23H26Cl2N4OS. The van der Waals surface area contributed by atoms with Crippen molar-refractivity contribution in [3.05, 3.63) is 49.8 Å². The predicted octanol–water partition coefficient (Wildman–Crippen LogP) is 4.95. The van der Waals surface area contributed by atoms with E-state index >= 15 is 0 Å². The lowest BCUT2D eigenvalue weighted by molar-refractivity contribution is -0.117. The first-order chi connectivity index (χ1) is 15.0. The van der Waals surface area contributed by atoms with Crippen LogP contribution in [-0.4, -0.2) is 48.4 Å². The molecule has 0 unspecified atom stereocenters. The molecule has 1 saturated heterocycles. The van der Waals surface area contributed by atoms with Crippen LogP contribution in [0, 0.1) is 11.3 Å². The zero-order valence-electron chi connectivity index (χ0n) is 17.4. The molecule has 4 rings (SSSR count). The molecule has 0 saturated carbocycles. The molecule has 1 N–H and O–H groups in total. The number of thiophene rings is 1. The summed E-state index contributed by atoms with van der Waals surface area (Å²) in [7, 11) is 0. The Hall–Kier alpha value is -1.62. The van der Waals surface area contributed by atoms with Crippen LogP contribution in [0.25, 0.3) is 0 Å². The van der Waals surface area contributed by atoms with Crippen LogP contribution in [0.3, 0.4) is 0 Å². The third kappa shape index (κ3) is 5.60. The van der Waals surface area contributed by atoms with Gasteiger partial charge in [-0.25, -0.2) is 0 Å². The van der Waals surface area contributed by atoms with Gasteiger partial charge in [0.25, 0.3) is 0 Å². The van der Waals surface area contributed by atoms with Crippen LogP contribution in [0.2, 0.25) is 10.0 Å². The summed E-state index contributed by atoms with van der Waals surface area (Å²) in [4.78, 5) is 18.5. The highest BCUT2D eigenvalue weighted by molar-refractivity contribution is 7.16. The van der Waals surface area contributed by atoms with Gasteiger partial charge in [0.05, 0.1) is 12.1 Å². The van der Waals surface area contributed by atoms with Crippen molar-refractivity contribution in [2.45, 2.75) is 38.6 Å². The number of benzene rings is 1. The van der Waals surface area contributed by atoms with E-state index in [9.17, 15) is 10.1 Å². The van der Waals surface area contributed by atoms with Gasteiger partial charge in [-0.15, -0.1) is 11.3 Å². The van der Waals surface area contributed by atoms with Crippen molar-refractivity contribution >= 4 is 45.4 Å². The van der Waals surface area contributed by atoms with Gasteiger partial charge in [-0.1, -0.05) is 35.7 Å². The highest BCUT2D eigenvalue weighted by atomic mass is 35.5. The molecule has 5 nitrogen and oxygen atoms in total. The van der Waals surface area contributed by atoms with Crippen LogP contribution >= 0.6 is 34.5 Å². The molecule has 8 heteroatoms. The van der Waals surface area contributed by atoms with Gasteiger partial charge < -0.3 is 5.32 Å². The van der Waals surface area contributed by atoms with Crippen molar-refractivity contribution in [2.24, 2.45) is 0 Å². The topological polar surface area (TPSA) is 59.4 Å². The lowest BCUT2D eigenvalue weighted by atomic mass is 10.1. The van der Waals surface area contributed by atoms with Crippen molar-refractivity contribution in [1.82, 2.24) is 9.80 Å². The van der Waals surface area contributed by atoms with E-state index in [2.05, 4.69) is 21.2 Å². The number of amides is 1. The maximum absolute atomic E-state index is 12.7. The van der Waals surface area contributed by atoms with Gasteiger partial charge in [0.15, 0.2) is 0 Å². The Morgan fingerprint density at radius 3 is 2.58 bits per heavy atom. The fraction of sp³-hybridized carbons (Fsp3) is 0.478. The van der Waals surface area contributed by atoms with Crippen molar-refractivity contribution in [2.75, 3.05) is 38.0 Å². The Kier molecular flexibility index (Phi) is 7.52. The number of piperazine rings is 1. The van der Waals surface area contributed by atoms with E-state index in [1.54, 1.807) is 17.4 Å². The van der Waals surface area contributed by atoms with E-state index in [0.29, 0.717) is 22.2 Å². The third-order valence-corrected chi connectivity index (χ3v) is 7.82. The predicted molar refractivity (Wildman–Crippen MR) is 127 cm³/mol. The summed E-state index contributed by atoms with van der Waals surface area (Å²) in [6.07, 6.45) is 5.47. The molecule has 1 fully saturated rings. The van der Waals surface area contributed by atoms with Crippen LogP contribution in [0.5, 0.6) is 0 Å². The second-order valence-corrected chi connectivity index (χ2v) is 10.2. The van der Waals surface area contributed by atoms with Gasteiger partial charge >= 0.3 is 0 Å². The summed E-state index contributed by atoms with van der Waals surface area (Å²) in [6, 6.07) is 7.95. The minimum atomic E-state index is -0.0397. The van der Waals surface area contributed by atoms with Crippen molar-refractivity contribution in [3.8, 4) is 6.07 Å². The molecule has 2 aromatic rings. The second-order valence-electron chi connectivity index (χ2n) is 8.22. The van der Waals surface area contributed by atoms with Gasteiger partial charge in [-0.3, -0.25) is 14.6 Å². The Balaban J connectivity index is 1.29. The summed E-state index contributed by atoms with van der Waals surface area (Å²) in [5.41, 5.74) is 2.91. The largest absolute Gasteiger partial charge is 0.315 e. The number of aryl methyl sites for hydroxylation is 1. The average Bonchev–Trinajstić information content (AvgIpc) is 2.90. The number of nitrogens with one attached hydrogen (secondary N) is 1. The van der Waals surface area contributed by atoms with Gasteiger partial charge in [-0.2, -0.15) is 5.26 Å². The van der Waals surface area contributed by atoms with Crippen molar-refractivity contribution in [1.29, 1.82) is 5.26 Å². The van der Waals surface area contributed by atoms with Gasteiger partial charge in [0.2, 0.25) is 5.91 Å². The molecule has 1 aliphatic carbocycles. The second kappa shape index (κ2) is 10.3. The Bertz CT molecular complexity index is 992. The number of rotatable bonds is 5. The molecule has 0 bridgehead atoms. The fourth-order valence-electron chi connectivity index (χ4n) is 4.31. The number of fused-ring (bicyclic) bond motifs is 1. The lowest BCUT2D eigenvalue weighted by Crippen LogP contribution is -2.48. The molecule has 2 heterocycles. The highest BCUT2D eigenvalue weighted by Crippen LogP contribution is 2.37. The Morgan fingerprint density at radius 1 is 1.10 bits per heavy atom. The van der Waals surface area contributed by atoms with E-state index in [-0.39, 0.29) is 5.91 Å². The molecule has 1 aromatic carbocycles. The van der Waals surface area contributed by atoms with E-state index in [4.69, 9.17) is 23.2 Å². The summed E-state index contributed by atoms with van der Waals surface area (Å²) in [6.45, 7) is 4.53. The van der Waals surface area contributed by atoms with Crippen LogP contribution < -0.4 is 5.32 Å². The third-order valence-electron chi connectivity index (χ3n) is 6.03. The number of hydrogen-bond donors (Lipinski definition) is 1. The minimum absolute atomic E-state index is 0.0397. The average molecular weight is 477 g/mol. The summed E-state index contributed by atoms with van der Waals surface area (Å²) in [5.74, 6) is -0.0397. The molecule has 164 valence electrons. The number of nitriles is 1.